The molecule has 0 aliphatic carbocycles. The van der Waals surface area contributed by atoms with Crippen LogP contribution in [0.4, 0.5) is 5.69 Å². The molecule has 6 nitrogen and oxygen atoms in total. The number of nitrogens with two attached hydrogens (primary N) is 1. The maximum Gasteiger partial charge on any atom is 0.344 e. The SMILES string of the molecule is CN1CCOC(COC(=O)COc2ccc(N)cc2)C1. The van der Waals surface area contributed by atoms with Crippen molar-refractivity contribution in [3.63, 3.8) is 0 Å². The molecule has 1 heterocycles. The number of nitrogen functional groups attached to an aromatic ring is 1. The van der Waals surface area contributed by atoms with Crippen LogP contribution in [0, 0.1) is 0 Å². The van der Waals surface area contributed by atoms with Gasteiger partial charge >= 0.3 is 5.97 Å². The fraction of sp³-hybridized carbons (Fsp3) is 0.500. The van der Waals surface area contributed by atoms with E-state index in [1.54, 1.807) is 24.3 Å². The monoisotopic (exact) mass is 280 g/mol. The van der Waals surface area contributed by atoms with Gasteiger partial charge < -0.3 is 24.8 Å². The van der Waals surface area contributed by atoms with E-state index in [9.17, 15) is 4.79 Å². The second-order valence-electron chi connectivity index (χ2n) is 4.80. The second kappa shape index (κ2) is 7.12. The van der Waals surface area contributed by atoms with Gasteiger partial charge in [0.2, 0.25) is 0 Å². The summed E-state index contributed by atoms with van der Waals surface area (Å²) < 4.78 is 15.9. The number of ether oxygens (including phenoxy) is 3. The fourth-order valence-electron chi connectivity index (χ4n) is 1.90. The zero-order valence-electron chi connectivity index (χ0n) is 11.6. The summed E-state index contributed by atoms with van der Waals surface area (Å²) in [5.74, 6) is 0.184. The maximum atomic E-state index is 11.6. The number of rotatable bonds is 5. The molecular formula is C14H20N2O4. The summed E-state index contributed by atoms with van der Waals surface area (Å²) in [5.41, 5.74) is 6.21. The lowest BCUT2D eigenvalue weighted by Gasteiger charge is -2.29. The van der Waals surface area contributed by atoms with Crippen LogP contribution in [-0.2, 0) is 14.3 Å². The van der Waals surface area contributed by atoms with E-state index in [0.717, 1.165) is 13.1 Å². The van der Waals surface area contributed by atoms with Gasteiger partial charge in [-0.25, -0.2) is 4.79 Å². The van der Waals surface area contributed by atoms with Gasteiger partial charge in [-0.1, -0.05) is 0 Å². The molecule has 1 fully saturated rings. The molecule has 1 aromatic carbocycles. The number of likely N-dealkylation sites (N-methyl/N-ethyl adjacent to an activating group) is 1. The van der Waals surface area contributed by atoms with Gasteiger partial charge in [0, 0.05) is 18.8 Å². The van der Waals surface area contributed by atoms with Gasteiger partial charge in [0.1, 0.15) is 18.5 Å². The van der Waals surface area contributed by atoms with Crippen LogP contribution < -0.4 is 10.5 Å². The van der Waals surface area contributed by atoms with E-state index < -0.39 is 5.97 Å². The van der Waals surface area contributed by atoms with Gasteiger partial charge in [-0.15, -0.1) is 0 Å². The molecule has 20 heavy (non-hydrogen) atoms. The maximum absolute atomic E-state index is 11.6. The topological polar surface area (TPSA) is 74.0 Å². The molecule has 0 amide bonds. The highest BCUT2D eigenvalue weighted by Crippen LogP contribution is 2.13. The zero-order chi connectivity index (χ0) is 14.4. The normalized spacial score (nSPS) is 19.6. The van der Waals surface area contributed by atoms with Crippen molar-refractivity contribution >= 4 is 11.7 Å². The smallest absolute Gasteiger partial charge is 0.344 e. The van der Waals surface area contributed by atoms with E-state index in [4.69, 9.17) is 19.9 Å². The fourth-order valence-corrected chi connectivity index (χ4v) is 1.90. The summed E-state index contributed by atoms with van der Waals surface area (Å²) in [6, 6.07) is 6.85. The molecule has 0 bridgehead atoms. The Bertz CT molecular complexity index is 435. The molecule has 2 rings (SSSR count). The van der Waals surface area contributed by atoms with Gasteiger partial charge in [0.15, 0.2) is 6.61 Å². The molecule has 1 atom stereocenters. The summed E-state index contributed by atoms with van der Waals surface area (Å²) >= 11 is 0. The van der Waals surface area contributed by atoms with Crippen LogP contribution in [0.3, 0.4) is 0 Å². The number of nitrogens with zero attached hydrogens (tertiary/aromatic N) is 1. The minimum Gasteiger partial charge on any atom is -0.482 e. The molecule has 1 aliphatic rings. The molecule has 1 aromatic rings. The Labute approximate surface area is 118 Å². The first-order valence-electron chi connectivity index (χ1n) is 6.57. The first-order chi connectivity index (χ1) is 9.63. The minimum absolute atomic E-state index is 0.0609. The van der Waals surface area contributed by atoms with Crippen molar-refractivity contribution in [2.24, 2.45) is 0 Å². The average Bonchev–Trinajstić information content (AvgIpc) is 2.45. The number of anilines is 1. The Morgan fingerprint density at radius 3 is 2.90 bits per heavy atom. The first kappa shape index (κ1) is 14.6. The third-order valence-corrected chi connectivity index (χ3v) is 3.01. The lowest BCUT2D eigenvalue weighted by molar-refractivity contribution is -0.152. The standard InChI is InChI=1S/C14H20N2O4/c1-16-6-7-18-13(8-16)9-20-14(17)10-19-12-4-2-11(15)3-5-12/h2-5,13H,6-10,15H2,1H3. The first-order valence-corrected chi connectivity index (χ1v) is 6.57. The highest BCUT2D eigenvalue weighted by Gasteiger charge is 2.19. The van der Waals surface area contributed by atoms with E-state index >= 15 is 0 Å². The Kier molecular flexibility index (Phi) is 5.20. The number of esters is 1. The Balaban J connectivity index is 1.66. The highest BCUT2D eigenvalue weighted by molar-refractivity contribution is 5.71. The van der Waals surface area contributed by atoms with Crippen LogP contribution in [0.2, 0.25) is 0 Å². The van der Waals surface area contributed by atoms with Crippen LogP contribution in [0.1, 0.15) is 0 Å². The van der Waals surface area contributed by atoms with E-state index in [2.05, 4.69) is 4.90 Å². The molecule has 0 aromatic heterocycles. The zero-order valence-corrected chi connectivity index (χ0v) is 11.6. The third-order valence-electron chi connectivity index (χ3n) is 3.01. The Morgan fingerprint density at radius 1 is 1.45 bits per heavy atom. The van der Waals surface area contributed by atoms with Crippen molar-refractivity contribution in [3.8, 4) is 5.75 Å². The number of benzene rings is 1. The number of hydrogen-bond acceptors (Lipinski definition) is 6. The van der Waals surface area contributed by atoms with E-state index in [1.165, 1.54) is 0 Å². The van der Waals surface area contributed by atoms with Crippen LogP contribution in [0.25, 0.3) is 0 Å². The van der Waals surface area contributed by atoms with E-state index in [1.807, 2.05) is 7.05 Å². The van der Waals surface area contributed by atoms with Crippen molar-refractivity contribution in [2.45, 2.75) is 6.10 Å². The van der Waals surface area contributed by atoms with Crippen LogP contribution >= 0.6 is 0 Å². The van der Waals surface area contributed by atoms with Crippen LogP contribution in [-0.4, -0.2) is 56.9 Å². The Hall–Kier alpha value is -1.79. The summed E-state index contributed by atoms with van der Waals surface area (Å²) in [6.07, 6.45) is -0.0609. The van der Waals surface area contributed by atoms with Crippen molar-refractivity contribution < 1.29 is 19.0 Å². The molecule has 1 unspecified atom stereocenters. The largest absolute Gasteiger partial charge is 0.482 e. The number of hydrogen-bond donors (Lipinski definition) is 1. The van der Waals surface area contributed by atoms with Crippen molar-refractivity contribution in [2.75, 3.05) is 45.7 Å². The third kappa shape index (κ3) is 4.71. The molecule has 2 N–H and O–H groups in total. The molecule has 6 heteroatoms. The minimum atomic E-state index is -0.404. The molecule has 0 spiro atoms. The number of morpholine rings is 1. The summed E-state index contributed by atoms with van der Waals surface area (Å²) in [4.78, 5) is 13.7. The van der Waals surface area contributed by atoms with Gasteiger partial charge in [-0.3, -0.25) is 0 Å². The lowest BCUT2D eigenvalue weighted by Crippen LogP contribution is -2.42. The van der Waals surface area contributed by atoms with Gasteiger partial charge in [-0.05, 0) is 31.3 Å². The summed E-state index contributed by atoms with van der Waals surface area (Å²) in [6.45, 7) is 2.48. The molecular weight excluding hydrogens is 260 g/mol. The predicted molar refractivity (Wildman–Crippen MR) is 74.5 cm³/mol. The van der Waals surface area contributed by atoms with Gasteiger partial charge in [-0.2, -0.15) is 0 Å². The molecule has 110 valence electrons. The lowest BCUT2D eigenvalue weighted by atomic mass is 10.3. The van der Waals surface area contributed by atoms with Crippen LogP contribution in [0.5, 0.6) is 5.75 Å². The van der Waals surface area contributed by atoms with Crippen molar-refractivity contribution in [1.29, 1.82) is 0 Å². The molecule has 0 saturated carbocycles. The molecule has 1 aliphatic heterocycles. The quantitative estimate of drug-likeness (QED) is 0.626. The van der Waals surface area contributed by atoms with E-state index in [-0.39, 0.29) is 19.3 Å². The highest BCUT2D eigenvalue weighted by atomic mass is 16.6. The molecule has 1 saturated heterocycles. The van der Waals surface area contributed by atoms with Crippen molar-refractivity contribution in [1.82, 2.24) is 4.90 Å². The van der Waals surface area contributed by atoms with E-state index in [0.29, 0.717) is 18.0 Å². The van der Waals surface area contributed by atoms with Crippen molar-refractivity contribution in [3.05, 3.63) is 24.3 Å². The second-order valence-corrected chi connectivity index (χ2v) is 4.80. The number of carbonyl (C=O) groups is 1. The summed E-state index contributed by atoms with van der Waals surface area (Å²) in [7, 11) is 2.02. The predicted octanol–water partition coefficient (Wildman–Crippen LogP) is 0.521. The van der Waals surface area contributed by atoms with Gasteiger partial charge in [0.25, 0.3) is 0 Å². The molecule has 0 radical (unpaired) electrons. The Morgan fingerprint density at radius 2 is 2.20 bits per heavy atom. The van der Waals surface area contributed by atoms with Crippen LogP contribution in [0.15, 0.2) is 24.3 Å². The number of carbonyl (C=O) groups excluding carboxylic acids is 1. The van der Waals surface area contributed by atoms with Gasteiger partial charge in [0.05, 0.1) is 6.61 Å². The average molecular weight is 280 g/mol. The summed E-state index contributed by atoms with van der Waals surface area (Å²) in [5, 5.41) is 0.